The van der Waals surface area contributed by atoms with Gasteiger partial charge >= 0.3 is 12.1 Å². The Bertz CT molecular complexity index is 899. The number of nitrogens with one attached hydrogen (secondary N) is 1. The van der Waals surface area contributed by atoms with Crippen molar-refractivity contribution in [3.63, 3.8) is 0 Å². The van der Waals surface area contributed by atoms with Gasteiger partial charge in [0, 0.05) is 58.1 Å². The molecule has 1 aliphatic carbocycles. The molecule has 194 valence electrons. The molecule has 2 aliphatic heterocycles. The van der Waals surface area contributed by atoms with Gasteiger partial charge in [0.15, 0.2) is 0 Å². The van der Waals surface area contributed by atoms with Crippen LogP contribution in [0.1, 0.15) is 25.7 Å². The van der Waals surface area contributed by atoms with Crippen molar-refractivity contribution in [2.75, 3.05) is 51.3 Å². The van der Waals surface area contributed by atoms with Crippen LogP contribution in [-0.4, -0.2) is 90.4 Å². The highest BCUT2D eigenvalue weighted by Crippen LogP contribution is 2.44. The van der Waals surface area contributed by atoms with Crippen LogP contribution >= 0.6 is 0 Å². The molecular weight excluding hydrogens is 471 g/mol. The van der Waals surface area contributed by atoms with E-state index in [-0.39, 0.29) is 24.3 Å². The summed E-state index contributed by atoms with van der Waals surface area (Å²) in [6.07, 6.45) is 2.37. The smallest absolute Gasteiger partial charge is 0.475 e. The van der Waals surface area contributed by atoms with E-state index in [9.17, 15) is 22.8 Å². The van der Waals surface area contributed by atoms with E-state index in [1.54, 1.807) is 18.5 Å². The minimum atomic E-state index is -5.08. The molecule has 0 bridgehead atoms. The first-order chi connectivity index (χ1) is 16.6. The Labute approximate surface area is 200 Å². The summed E-state index contributed by atoms with van der Waals surface area (Å²) in [4.78, 5) is 47.4. The third-order valence-electron chi connectivity index (χ3n) is 6.59. The number of alkyl halides is 3. The fourth-order valence-corrected chi connectivity index (χ4v) is 4.59. The molecule has 3 aliphatic rings. The number of hydrogen-bond donors (Lipinski definition) is 2. The van der Waals surface area contributed by atoms with Crippen LogP contribution in [0.25, 0.3) is 0 Å². The third-order valence-corrected chi connectivity index (χ3v) is 6.59. The number of halogens is 3. The molecule has 1 aromatic heterocycles. The lowest BCUT2D eigenvalue weighted by molar-refractivity contribution is -0.192. The number of rotatable bonds is 6. The van der Waals surface area contributed by atoms with Gasteiger partial charge in [-0.05, 0) is 37.7 Å². The lowest BCUT2D eigenvalue weighted by Gasteiger charge is -2.32. The van der Waals surface area contributed by atoms with Gasteiger partial charge in [0.1, 0.15) is 6.61 Å². The first-order valence-corrected chi connectivity index (χ1v) is 11.4. The van der Waals surface area contributed by atoms with Gasteiger partial charge in [-0.25, -0.2) is 14.8 Å². The minimum Gasteiger partial charge on any atom is -0.475 e. The van der Waals surface area contributed by atoms with Gasteiger partial charge in [0.25, 0.3) is 0 Å². The van der Waals surface area contributed by atoms with E-state index in [0.29, 0.717) is 38.0 Å². The van der Waals surface area contributed by atoms with Gasteiger partial charge < -0.3 is 25.0 Å². The number of ether oxygens (including phenoxy) is 1. The van der Waals surface area contributed by atoms with Crippen molar-refractivity contribution in [1.29, 1.82) is 0 Å². The van der Waals surface area contributed by atoms with Crippen LogP contribution < -0.4 is 10.2 Å². The maximum Gasteiger partial charge on any atom is 0.490 e. The molecule has 1 aromatic rings. The minimum absolute atomic E-state index is 0.00824. The van der Waals surface area contributed by atoms with Crippen molar-refractivity contribution in [1.82, 2.24) is 20.2 Å². The van der Waals surface area contributed by atoms with Crippen LogP contribution in [0.15, 0.2) is 18.5 Å². The van der Waals surface area contributed by atoms with E-state index >= 15 is 0 Å². The van der Waals surface area contributed by atoms with E-state index < -0.39 is 17.6 Å². The highest BCUT2D eigenvalue weighted by Gasteiger charge is 2.54. The Hall–Kier alpha value is -2.96. The number of likely N-dealkylation sites (tertiary alicyclic amines) is 1. The monoisotopic (exact) mass is 501 g/mol. The zero-order chi connectivity index (χ0) is 25.6. The SMILES string of the molecule is COCC(=O)N1CCC[C@]2(C(=O)NCC3CC3)CN(c3ncccn3)C[C@@H]2C1.O=C(O)C(F)(F)F. The van der Waals surface area contributed by atoms with Crippen LogP contribution in [0.5, 0.6) is 0 Å². The molecule has 13 heteroatoms. The molecule has 0 radical (unpaired) electrons. The highest BCUT2D eigenvalue weighted by molar-refractivity contribution is 5.85. The number of amides is 2. The number of aliphatic carboxylic acids is 1. The molecule has 2 N–H and O–H groups in total. The zero-order valence-electron chi connectivity index (χ0n) is 19.5. The summed E-state index contributed by atoms with van der Waals surface area (Å²) in [7, 11) is 1.54. The van der Waals surface area contributed by atoms with Gasteiger partial charge in [-0.15, -0.1) is 0 Å². The summed E-state index contributed by atoms with van der Waals surface area (Å²) in [6.45, 7) is 3.38. The first-order valence-electron chi connectivity index (χ1n) is 11.4. The molecule has 0 spiro atoms. The number of nitrogens with zero attached hydrogens (tertiary/aromatic N) is 4. The van der Waals surface area contributed by atoms with Crippen LogP contribution in [0, 0.1) is 17.3 Å². The summed E-state index contributed by atoms with van der Waals surface area (Å²) < 4.78 is 36.8. The number of anilines is 1. The quantitative estimate of drug-likeness (QED) is 0.598. The van der Waals surface area contributed by atoms with Crippen molar-refractivity contribution in [3.8, 4) is 0 Å². The molecule has 3 heterocycles. The fraction of sp³-hybridized carbons (Fsp3) is 0.682. The average molecular weight is 502 g/mol. The van der Waals surface area contributed by atoms with Gasteiger partial charge in [-0.3, -0.25) is 9.59 Å². The summed E-state index contributed by atoms with van der Waals surface area (Å²) in [5, 5.41) is 10.3. The van der Waals surface area contributed by atoms with E-state index in [2.05, 4.69) is 20.2 Å². The summed E-state index contributed by atoms with van der Waals surface area (Å²) in [5.74, 6) is -1.29. The molecule has 10 nitrogen and oxygen atoms in total. The van der Waals surface area contributed by atoms with Gasteiger partial charge in [-0.2, -0.15) is 13.2 Å². The number of hydrogen-bond acceptors (Lipinski definition) is 7. The number of fused-ring (bicyclic) bond motifs is 1. The first kappa shape index (κ1) is 26.6. The lowest BCUT2D eigenvalue weighted by atomic mass is 9.74. The topological polar surface area (TPSA) is 125 Å². The second-order valence-electron chi connectivity index (χ2n) is 9.12. The van der Waals surface area contributed by atoms with Gasteiger partial charge in [-0.1, -0.05) is 0 Å². The fourth-order valence-electron chi connectivity index (χ4n) is 4.59. The number of aromatic nitrogens is 2. The standard InChI is InChI=1S/C20H29N5O3.C2HF3O2/c1-28-13-17(26)24-9-2-6-20(18(27)23-10-15-4-5-15)14-25(12-16(20)11-24)19-21-7-3-8-22-19;3-2(4,5)1(6)7/h3,7-8,15-16H,2,4-6,9-14H2,1H3,(H,23,27);(H,6,7)/t16-,20-;/m0./s1. The number of carbonyl (C=O) groups excluding carboxylic acids is 2. The number of carboxylic acid groups (broad SMARTS) is 1. The van der Waals surface area contributed by atoms with E-state index in [1.807, 2.05) is 4.90 Å². The van der Waals surface area contributed by atoms with Crippen molar-refractivity contribution < 1.29 is 37.4 Å². The van der Waals surface area contributed by atoms with E-state index in [4.69, 9.17) is 14.6 Å². The maximum absolute atomic E-state index is 13.4. The normalized spacial score (nSPS) is 24.1. The van der Waals surface area contributed by atoms with Crippen LogP contribution in [0.3, 0.4) is 0 Å². The predicted molar refractivity (Wildman–Crippen MR) is 117 cm³/mol. The predicted octanol–water partition coefficient (Wildman–Crippen LogP) is 1.33. The number of methoxy groups -OCH3 is 1. The van der Waals surface area contributed by atoms with Crippen LogP contribution in [0.4, 0.5) is 19.1 Å². The molecule has 3 fully saturated rings. The molecule has 0 unspecified atom stereocenters. The summed E-state index contributed by atoms with van der Waals surface area (Å²) in [5.41, 5.74) is -0.504. The molecule has 4 rings (SSSR count). The zero-order valence-corrected chi connectivity index (χ0v) is 19.5. The Balaban J connectivity index is 0.000000429. The van der Waals surface area contributed by atoms with E-state index in [0.717, 1.165) is 19.4 Å². The third kappa shape index (κ3) is 6.80. The van der Waals surface area contributed by atoms with Crippen molar-refractivity contribution in [2.24, 2.45) is 17.3 Å². The lowest BCUT2D eigenvalue weighted by Crippen LogP contribution is -2.48. The number of carboxylic acids is 1. The van der Waals surface area contributed by atoms with Gasteiger partial charge in [0.2, 0.25) is 17.8 Å². The van der Waals surface area contributed by atoms with Crippen LogP contribution in [-0.2, 0) is 19.1 Å². The second-order valence-corrected chi connectivity index (χ2v) is 9.12. The number of carbonyl (C=O) groups is 3. The molecular formula is C22H30F3N5O5. The summed E-state index contributed by atoms with van der Waals surface area (Å²) >= 11 is 0. The van der Waals surface area contributed by atoms with Crippen molar-refractivity contribution >= 4 is 23.7 Å². The Morgan fingerprint density at radius 1 is 1.23 bits per heavy atom. The second kappa shape index (κ2) is 11.2. The van der Waals surface area contributed by atoms with E-state index in [1.165, 1.54) is 20.0 Å². The molecule has 0 aromatic carbocycles. The molecule has 35 heavy (non-hydrogen) atoms. The van der Waals surface area contributed by atoms with Gasteiger partial charge in [0.05, 0.1) is 5.41 Å². The molecule has 2 atom stereocenters. The Kier molecular flexibility index (Phi) is 8.51. The van der Waals surface area contributed by atoms with Crippen molar-refractivity contribution in [2.45, 2.75) is 31.9 Å². The Morgan fingerprint density at radius 3 is 2.46 bits per heavy atom. The maximum atomic E-state index is 13.4. The molecule has 1 saturated carbocycles. The molecule has 2 saturated heterocycles. The largest absolute Gasteiger partial charge is 0.490 e. The van der Waals surface area contributed by atoms with Crippen molar-refractivity contribution in [3.05, 3.63) is 18.5 Å². The average Bonchev–Trinajstić information content (AvgIpc) is 3.60. The molecule has 2 amide bonds. The summed E-state index contributed by atoms with van der Waals surface area (Å²) in [6, 6.07) is 1.79. The van der Waals surface area contributed by atoms with Crippen LogP contribution in [0.2, 0.25) is 0 Å². The highest BCUT2D eigenvalue weighted by atomic mass is 19.4. The Morgan fingerprint density at radius 2 is 1.89 bits per heavy atom.